The lowest BCUT2D eigenvalue weighted by Gasteiger charge is -2.36. The Hall–Kier alpha value is -1.65. The van der Waals surface area contributed by atoms with Crippen molar-refractivity contribution in [1.29, 1.82) is 0 Å². The van der Waals surface area contributed by atoms with E-state index in [1.54, 1.807) is 6.26 Å². The van der Waals surface area contributed by atoms with E-state index in [0.29, 0.717) is 0 Å². The van der Waals surface area contributed by atoms with E-state index >= 15 is 0 Å². The molecule has 1 N–H and O–H groups in total. The number of hydrogen-bond acceptors (Lipinski definition) is 5. The summed E-state index contributed by atoms with van der Waals surface area (Å²) in [6.07, 6.45) is 4.75. The smallest absolute Gasteiger partial charge is 0.193 e. The molecular formula is C22H34IN5O2. The van der Waals surface area contributed by atoms with Crippen molar-refractivity contribution in [2.24, 2.45) is 4.99 Å². The summed E-state index contributed by atoms with van der Waals surface area (Å²) in [7, 11) is 1.86. The molecule has 0 unspecified atom stereocenters. The van der Waals surface area contributed by atoms with Gasteiger partial charge in [0.25, 0.3) is 0 Å². The van der Waals surface area contributed by atoms with E-state index < -0.39 is 0 Å². The molecule has 1 saturated heterocycles. The molecule has 0 spiro atoms. The van der Waals surface area contributed by atoms with Crippen molar-refractivity contribution in [2.45, 2.75) is 25.8 Å². The Labute approximate surface area is 196 Å². The molecule has 0 amide bonds. The summed E-state index contributed by atoms with van der Waals surface area (Å²) in [4.78, 5) is 9.17. The summed E-state index contributed by atoms with van der Waals surface area (Å²) >= 11 is 0. The van der Waals surface area contributed by atoms with Crippen LogP contribution in [0.15, 0.2) is 52.2 Å². The van der Waals surface area contributed by atoms with Crippen LogP contribution in [-0.2, 0) is 17.7 Å². The predicted octanol–water partition coefficient (Wildman–Crippen LogP) is 3.03. The number of benzene rings is 1. The van der Waals surface area contributed by atoms with Crippen LogP contribution < -0.4 is 5.32 Å². The molecule has 0 radical (unpaired) electrons. The zero-order chi connectivity index (χ0) is 20.2. The molecular weight excluding hydrogens is 493 g/mol. The van der Waals surface area contributed by atoms with E-state index in [0.717, 1.165) is 83.4 Å². The van der Waals surface area contributed by atoms with Gasteiger partial charge in [0.05, 0.1) is 12.3 Å². The van der Waals surface area contributed by atoms with E-state index in [9.17, 15) is 0 Å². The molecule has 3 rings (SSSR count). The van der Waals surface area contributed by atoms with Crippen molar-refractivity contribution in [1.82, 2.24) is 20.3 Å². The fourth-order valence-electron chi connectivity index (χ4n) is 3.46. The predicted molar refractivity (Wildman–Crippen MR) is 130 cm³/mol. The molecule has 7 nitrogen and oxygen atoms in total. The van der Waals surface area contributed by atoms with Crippen LogP contribution in [0, 0.1) is 0 Å². The van der Waals surface area contributed by atoms with Crippen LogP contribution in [0.4, 0.5) is 0 Å². The van der Waals surface area contributed by atoms with Gasteiger partial charge in [-0.1, -0.05) is 35.5 Å². The summed E-state index contributed by atoms with van der Waals surface area (Å²) in [6, 6.07) is 12.4. The lowest BCUT2D eigenvalue weighted by molar-refractivity contribution is 0.133. The zero-order valence-corrected chi connectivity index (χ0v) is 20.2. The summed E-state index contributed by atoms with van der Waals surface area (Å²) in [5, 5.41) is 7.49. The zero-order valence-electron chi connectivity index (χ0n) is 17.8. The minimum absolute atomic E-state index is 0. The maximum absolute atomic E-state index is 5.76. The van der Waals surface area contributed by atoms with Gasteiger partial charge in [0.2, 0.25) is 0 Å². The highest BCUT2D eigenvalue weighted by Gasteiger charge is 2.20. The van der Waals surface area contributed by atoms with E-state index in [-0.39, 0.29) is 24.0 Å². The maximum Gasteiger partial charge on any atom is 0.193 e. The summed E-state index contributed by atoms with van der Waals surface area (Å²) in [5.41, 5.74) is 2.33. The Balaban J connectivity index is 0.00000320. The first-order valence-electron chi connectivity index (χ1n) is 10.5. The molecule has 0 aliphatic carbocycles. The van der Waals surface area contributed by atoms with Crippen LogP contribution in [0.5, 0.6) is 0 Å². The molecule has 2 aromatic rings. The Morgan fingerprint density at radius 2 is 1.90 bits per heavy atom. The number of aliphatic imine (C=N–C) groups is 1. The van der Waals surface area contributed by atoms with Crippen molar-refractivity contribution in [3.63, 3.8) is 0 Å². The van der Waals surface area contributed by atoms with Gasteiger partial charge in [0, 0.05) is 59.0 Å². The van der Waals surface area contributed by atoms with Gasteiger partial charge in [-0.2, -0.15) is 0 Å². The average molecular weight is 527 g/mol. The van der Waals surface area contributed by atoms with Crippen molar-refractivity contribution < 1.29 is 9.26 Å². The number of rotatable bonds is 10. The number of piperazine rings is 1. The van der Waals surface area contributed by atoms with Gasteiger partial charge in [-0.3, -0.25) is 9.89 Å². The van der Waals surface area contributed by atoms with E-state index in [4.69, 9.17) is 9.26 Å². The quantitative estimate of drug-likeness (QED) is 0.222. The molecule has 0 saturated carbocycles. The van der Waals surface area contributed by atoms with Crippen LogP contribution in [-0.4, -0.2) is 73.9 Å². The molecule has 1 fully saturated rings. The Morgan fingerprint density at radius 1 is 1.10 bits per heavy atom. The second kappa shape index (κ2) is 14.4. The van der Waals surface area contributed by atoms with E-state index in [1.807, 2.05) is 19.2 Å². The molecule has 1 aliphatic rings. The minimum atomic E-state index is 0. The van der Waals surface area contributed by atoms with Gasteiger partial charge < -0.3 is 19.5 Å². The van der Waals surface area contributed by atoms with Crippen LogP contribution >= 0.6 is 24.0 Å². The third-order valence-electron chi connectivity index (χ3n) is 5.14. The standard InChI is InChI=1S/C22H33N5O2.HI/c1-23-22(27-14-12-26(13-15-27)19-21-10-18-29-25-21)24-11-5-6-16-28-17-9-20-7-3-2-4-8-20;/h2-4,7-8,10,18H,5-6,9,11-17,19H2,1H3,(H,23,24);1H. The Kier molecular flexibility index (Phi) is 11.8. The van der Waals surface area contributed by atoms with Crippen LogP contribution in [0.25, 0.3) is 0 Å². The molecule has 2 heterocycles. The normalized spacial score (nSPS) is 15.1. The van der Waals surface area contributed by atoms with Crippen molar-refractivity contribution in [3.05, 3.63) is 53.9 Å². The van der Waals surface area contributed by atoms with Gasteiger partial charge in [0.1, 0.15) is 6.26 Å². The summed E-state index contributed by atoms with van der Waals surface area (Å²) < 4.78 is 10.7. The molecule has 8 heteroatoms. The Morgan fingerprint density at radius 3 is 2.60 bits per heavy atom. The fourth-order valence-corrected chi connectivity index (χ4v) is 3.46. The number of nitrogens with one attached hydrogen (secondary N) is 1. The topological polar surface area (TPSA) is 66.1 Å². The third kappa shape index (κ3) is 8.61. The first-order chi connectivity index (χ1) is 14.3. The van der Waals surface area contributed by atoms with Crippen LogP contribution in [0.1, 0.15) is 24.1 Å². The van der Waals surface area contributed by atoms with Crippen LogP contribution in [0.3, 0.4) is 0 Å². The summed E-state index contributed by atoms with van der Waals surface area (Å²) in [6.45, 7) is 7.33. The van der Waals surface area contributed by atoms with Crippen molar-refractivity contribution in [3.8, 4) is 0 Å². The second-order valence-electron chi connectivity index (χ2n) is 7.28. The first-order valence-corrected chi connectivity index (χ1v) is 10.5. The van der Waals surface area contributed by atoms with Crippen LogP contribution in [0.2, 0.25) is 0 Å². The molecule has 30 heavy (non-hydrogen) atoms. The molecule has 1 aromatic heterocycles. The SMILES string of the molecule is CN=C(NCCCCOCCc1ccccc1)N1CCN(Cc2ccon2)CC1.I. The third-order valence-corrected chi connectivity index (χ3v) is 5.14. The van der Waals surface area contributed by atoms with Gasteiger partial charge in [-0.25, -0.2) is 0 Å². The van der Waals surface area contributed by atoms with Gasteiger partial charge in [-0.05, 0) is 24.8 Å². The van der Waals surface area contributed by atoms with Crippen molar-refractivity contribution in [2.75, 3.05) is 53.0 Å². The average Bonchev–Trinajstić information content (AvgIpc) is 3.27. The fraction of sp³-hybridized carbons (Fsp3) is 0.545. The Bertz CT molecular complexity index is 704. The summed E-state index contributed by atoms with van der Waals surface area (Å²) in [5.74, 6) is 0.996. The number of unbranched alkanes of at least 4 members (excludes halogenated alkanes) is 1. The van der Waals surface area contributed by atoms with Gasteiger partial charge in [-0.15, -0.1) is 24.0 Å². The maximum atomic E-state index is 5.76. The molecule has 0 bridgehead atoms. The number of nitrogens with zero attached hydrogens (tertiary/aromatic N) is 4. The number of ether oxygens (including phenoxy) is 1. The van der Waals surface area contributed by atoms with Gasteiger partial charge in [0.15, 0.2) is 5.96 Å². The monoisotopic (exact) mass is 527 g/mol. The van der Waals surface area contributed by atoms with E-state index in [2.05, 4.69) is 49.5 Å². The lowest BCUT2D eigenvalue weighted by atomic mass is 10.2. The molecule has 0 atom stereocenters. The largest absolute Gasteiger partial charge is 0.381 e. The lowest BCUT2D eigenvalue weighted by Crippen LogP contribution is -2.52. The highest BCUT2D eigenvalue weighted by Crippen LogP contribution is 2.07. The highest BCUT2D eigenvalue weighted by molar-refractivity contribution is 14.0. The first kappa shape index (κ1) is 24.6. The minimum Gasteiger partial charge on any atom is -0.381 e. The molecule has 1 aliphatic heterocycles. The number of hydrogen-bond donors (Lipinski definition) is 1. The number of aromatic nitrogens is 1. The highest BCUT2D eigenvalue weighted by atomic mass is 127. The molecule has 166 valence electrons. The van der Waals surface area contributed by atoms with E-state index in [1.165, 1.54) is 5.56 Å². The van der Waals surface area contributed by atoms with Crippen molar-refractivity contribution >= 4 is 29.9 Å². The number of halogens is 1. The van der Waals surface area contributed by atoms with Gasteiger partial charge >= 0.3 is 0 Å². The number of guanidine groups is 1. The molecule has 1 aromatic carbocycles. The second-order valence-corrected chi connectivity index (χ2v) is 7.28.